The van der Waals surface area contributed by atoms with Crippen molar-refractivity contribution in [1.29, 1.82) is 0 Å². The molecule has 126 valence electrons. The van der Waals surface area contributed by atoms with Crippen molar-refractivity contribution in [3.8, 4) is 0 Å². The number of aryl methyl sites for hydroxylation is 1. The van der Waals surface area contributed by atoms with E-state index in [1.165, 1.54) is 31.2 Å². The van der Waals surface area contributed by atoms with Gasteiger partial charge in [0, 0.05) is 24.2 Å². The van der Waals surface area contributed by atoms with E-state index in [0.29, 0.717) is 11.3 Å². The molecular formula is C20H30N2O. The molecule has 1 aromatic carbocycles. The third kappa shape index (κ3) is 3.77. The molecule has 0 saturated heterocycles. The van der Waals surface area contributed by atoms with Crippen molar-refractivity contribution in [2.45, 2.75) is 53.4 Å². The van der Waals surface area contributed by atoms with Crippen molar-refractivity contribution in [3.05, 3.63) is 41.7 Å². The molecular weight excluding hydrogens is 284 g/mol. The third-order valence-electron chi connectivity index (χ3n) is 5.54. The van der Waals surface area contributed by atoms with E-state index in [9.17, 15) is 0 Å². The summed E-state index contributed by atoms with van der Waals surface area (Å²) in [5.74, 6) is 1.26. The lowest BCUT2D eigenvalue weighted by Crippen LogP contribution is -2.37. The molecule has 1 saturated carbocycles. The number of rotatable bonds is 7. The molecule has 2 rings (SSSR count). The van der Waals surface area contributed by atoms with Crippen LogP contribution in [0.15, 0.2) is 35.7 Å². The van der Waals surface area contributed by atoms with Crippen LogP contribution in [0, 0.1) is 18.3 Å². The Labute approximate surface area is 140 Å². The summed E-state index contributed by atoms with van der Waals surface area (Å²) in [4.78, 5) is 5.62. The zero-order valence-corrected chi connectivity index (χ0v) is 15.2. The lowest BCUT2D eigenvalue weighted by Gasteiger charge is -2.47. The highest BCUT2D eigenvalue weighted by molar-refractivity contribution is 5.99. The molecule has 1 aromatic rings. The van der Waals surface area contributed by atoms with E-state index in [0.717, 1.165) is 22.7 Å². The number of hydrogen-bond acceptors (Lipinski definition) is 3. The predicted molar refractivity (Wildman–Crippen MR) is 98.9 cm³/mol. The Morgan fingerprint density at radius 3 is 2.57 bits per heavy atom. The van der Waals surface area contributed by atoms with Gasteiger partial charge >= 0.3 is 0 Å². The highest BCUT2D eigenvalue weighted by Crippen LogP contribution is 2.53. The maximum atomic E-state index is 5.62. The van der Waals surface area contributed by atoms with Gasteiger partial charge in [0.2, 0.25) is 0 Å². The Morgan fingerprint density at radius 2 is 2.00 bits per heavy atom. The number of oxime groups is 1. The maximum absolute atomic E-state index is 5.62. The molecule has 0 bridgehead atoms. The zero-order chi connectivity index (χ0) is 17.0. The van der Waals surface area contributed by atoms with E-state index in [2.05, 4.69) is 56.0 Å². The summed E-state index contributed by atoms with van der Waals surface area (Å²) >= 11 is 0. The molecule has 23 heavy (non-hydrogen) atoms. The van der Waals surface area contributed by atoms with E-state index >= 15 is 0 Å². The molecule has 3 nitrogen and oxygen atoms in total. The molecule has 0 heterocycles. The van der Waals surface area contributed by atoms with E-state index < -0.39 is 0 Å². The fourth-order valence-electron chi connectivity index (χ4n) is 3.41. The second-order valence-corrected chi connectivity index (χ2v) is 6.83. The minimum atomic E-state index is 0.456. The third-order valence-corrected chi connectivity index (χ3v) is 5.54. The second kappa shape index (κ2) is 7.20. The van der Waals surface area contributed by atoms with Crippen LogP contribution in [0.25, 0.3) is 0 Å². The van der Waals surface area contributed by atoms with E-state index in [1.807, 2.05) is 14.0 Å². The SMILES string of the molecule is C=C(O/N=C(\C)c1ccc(C)c(NC)c1)C1CC(CC)(CC)C1. The molecule has 0 aromatic heterocycles. The Balaban J connectivity index is 1.96. The van der Waals surface area contributed by atoms with Crippen LogP contribution in [-0.2, 0) is 4.84 Å². The van der Waals surface area contributed by atoms with Crippen molar-refractivity contribution in [3.63, 3.8) is 0 Å². The van der Waals surface area contributed by atoms with Crippen LogP contribution in [0.5, 0.6) is 0 Å². The lowest BCUT2D eigenvalue weighted by molar-refractivity contribution is 0.0267. The Kier molecular flexibility index (Phi) is 5.51. The number of nitrogens with zero attached hydrogens (tertiary/aromatic N) is 1. The normalized spacial score (nSPS) is 17.5. The first kappa shape index (κ1) is 17.6. The van der Waals surface area contributed by atoms with Crippen molar-refractivity contribution in [2.75, 3.05) is 12.4 Å². The van der Waals surface area contributed by atoms with Crippen LogP contribution < -0.4 is 5.32 Å². The van der Waals surface area contributed by atoms with Crippen molar-refractivity contribution in [1.82, 2.24) is 0 Å². The van der Waals surface area contributed by atoms with Gasteiger partial charge in [-0.05, 0) is 43.7 Å². The first-order chi connectivity index (χ1) is 10.9. The molecule has 0 unspecified atom stereocenters. The van der Waals surface area contributed by atoms with Gasteiger partial charge in [-0.2, -0.15) is 0 Å². The Morgan fingerprint density at radius 1 is 1.35 bits per heavy atom. The average Bonchev–Trinajstić information content (AvgIpc) is 2.53. The number of benzene rings is 1. The van der Waals surface area contributed by atoms with Crippen LogP contribution in [0.1, 0.15) is 57.6 Å². The topological polar surface area (TPSA) is 33.6 Å². The summed E-state index contributed by atoms with van der Waals surface area (Å²) in [6, 6.07) is 6.27. The predicted octanol–water partition coefficient (Wildman–Crippen LogP) is 5.51. The van der Waals surface area contributed by atoms with Crippen LogP contribution >= 0.6 is 0 Å². The summed E-state index contributed by atoms with van der Waals surface area (Å²) in [6.07, 6.45) is 4.85. The van der Waals surface area contributed by atoms with Gasteiger partial charge in [0.25, 0.3) is 0 Å². The monoisotopic (exact) mass is 314 g/mol. The molecule has 1 aliphatic rings. The average molecular weight is 314 g/mol. The van der Waals surface area contributed by atoms with Gasteiger partial charge in [-0.15, -0.1) is 0 Å². The highest BCUT2D eigenvalue weighted by Gasteiger charge is 2.43. The molecule has 1 aliphatic carbocycles. The number of anilines is 1. The molecule has 0 spiro atoms. The summed E-state index contributed by atoms with van der Waals surface area (Å²) in [5, 5.41) is 7.49. The number of nitrogens with one attached hydrogen (secondary N) is 1. The van der Waals surface area contributed by atoms with Gasteiger partial charge in [-0.1, -0.05) is 50.6 Å². The molecule has 1 N–H and O–H groups in total. The van der Waals surface area contributed by atoms with Gasteiger partial charge in [-0.25, -0.2) is 0 Å². The van der Waals surface area contributed by atoms with Crippen LogP contribution in [0.3, 0.4) is 0 Å². The standard InChI is InChI=1S/C20H30N2O/c1-7-20(8-2)12-18(13-20)16(5)23-22-15(4)17-10-9-14(3)19(11-17)21-6/h9-11,18,21H,5,7-8,12-13H2,1-4,6H3/b22-15+. The fourth-order valence-corrected chi connectivity index (χ4v) is 3.41. The minimum Gasteiger partial charge on any atom is -0.388 e. The second-order valence-electron chi connectivity index (χ2n) is 6.83. The largest absolute Gasteiger partial charge is 0.388 e. The molecule has 0 amide bonds. The van der Waals surface area contributed by atoms with Gasteiger partial charge in [0.15, 0.2) is 0 Å². The first-order valence-corrected chi connectivity index (χ1v) is 8.64. The van der Waals surface area contributed by atoms with Gasteiger partial charge in [0.1, 0.15) is 5.76 Å². The van der Waals surface area contributed by atoms with E-state index in [1.54, 1.807) is 0 Å². The smallest absolute Gasteiger partial charge is 0.131 e. The van der Waals surface area contributed by atoms with Crippen LogP contribution in [0.2, 0.25) is 0 Å². The highest BCUT2D eigenvalue weighted by atomic mass is 16.6. The summed E-state index contributed by atoms with van der Waals surface area (Å²) in [5.41, 5.74) is 4.79. The first-order valence-electron chi connectivity index (χ1n) is 8.64. The summed E-state index contributed by atoms with van der Waals surface area (Å²) in [6.45, 7) is 12.7. The molecule has 0 radical (unpaired) electrons. The van der Waals surface area contributed by atoms with Crippen LogP contribution in [0.4, 0.5) is 5.69 Å². The van der Waals surface area contributed by atoms with E-state index in [4.69, 9.17) is 4.84 Å². The lowest BCUT2D eigenvalue weighted by atomic mass is 9.59. The van der Waals surface area contributed by atoms with Gasteiger partial charge in [0.05, 0.1) is 5.71 Å². The van der Waals surface area contributed by atoms with Crippen molar-refractivity contribution >= 4 is 11.4 Å². The minimum absolute atomic E-state index is 0.456. The Hall–Kier alpha value is -1.77. The number of allylic oxidation sites excluding steroid dienone is 1. The van der Waals surface area contributed by atoms with E-state index in [-0.39, 0.29) is 0 Å². The summed E-state index contributed by atoms with van der Waals surface area (Å²) in [7, 11) is 1.93. The van der Waals surface area contributed by atoms with Crippen molar-refractivity contribution < 1.29 is 4.84 Å². The van der Waals surface area contributed by atoms with Gasteiger partial charge in [-0.3, -0.25) is 0 Å². The van der Waals surface area contributed by atoms with Gasteiger partial charge < -0.3 is 10.2 Å². The number of hydrogen-bond donors (Lipinski definition) is 1. The quantitative estimate of drug-likeness (QED) is 0.409. The van der Waals surface area contributed by atoms with Crippen molar-refractivity contribution in [2.24, 2.45) is 16.5 Å². The fraction of sp³-hybridized carbons (Fsp3) is 0.550. The molecule has 1 fully saturated rings. The zero-order valence-electron chi connectivity index (χ0n) is 15.2. The van der Waals surface area contributed by atoms with Crippen LogP contribution in [-0.4, -0.2) is 12.8 Å². The maximum Gasteiger partial charge on any atom is 0.131 e. The molecule has 0 atom stereocenters. The molecule has 3 heteroatoms. The Bertz CT molecular complexity index is 592. The molecule has 0 aliphatic heterocycles. The summed E-state index contributed by atoms with van der Waals surface area (Å²) < 4.78 is 0.